The number of hydrogen-bond donors (Lipinski definition) is 1. The van der Waals surface area contributed by atoms with E-state index in [9.17, 15) is 4.79 Å². The highest BCUT2D eigenvalue weighted by molar-refractivity contribution is 5.99. The van der Waals surface area contributed by atoms with Gasteiger partial charge in [-0.2, -0.15) is 0 Å². The van der Waals surface area contributed by atoms with Gasteiger partial charge in [-0.25, -0.2) is 4.98 Å². The van der Waals surface area contributed by atoms with Crippen LogP contribution in [-0.2, 0) is 4.79 Å². The highest BCUT2D eigenvalue weighted by Crippen LogP contribution is 2.14. The van der Waals surface area contributed by atoms with Gasteiger partial charge in [0.15, 0.2) is 0 Å². The molecule has 1 N–H and O–H groups in total. The van der Waals surface area contributed by atoms with E-state index >= 15 is 0 Å². The molecule has 4 nitrogen and oxygen atoms in total. The third kappa shape index (κ3) is 3.81. The largest absolute Gasteiger partial charge is 0.375 e. The second-order valence-corrected chi connectivity index (χ2v) is 5.14. The number of anilines is 1. The van der Waals surface area contributed by atoms with Crippen molar-refractivity contribution in [3.63, 3.8) is 0 Å². The van der Waals surface area contributed by atoms with E-state index in [-0.39, 0.29) is 5.91 Å². The molecule has 2 heterocycles. The van der Waals surface area contributed by atoms with E-state index in [2.05, 4.69) is 15.2 Å². The maximum atomic E-state index is 11.9. The second-order valence-electron chi connectivity index (χ2n) is 5.14. The normalized spacial score (nSPS) is 15.7. The van der Waals surface area contributed by atoms with Crippen LogP contribution in [0.5, 0.6) is 0 Å². The van der Waals surface area contributed by atoms with Gasteiger partial charge in [0, 0.05) is 30.6 Å². The molecule has 1 fully saturated rings. The number of hydrogen-bond acceptors (Lipinski definition) is 3. The number of nitrogens with zero attached hydrogens (tertiary/aromatic N) is 2. The number of amides is 1. The van der Waals surface area contributed by atoms with Crippen molar-refractivity contribution < 1.29 is 4.79 Å². The van der Waals surface area contributed by atoms with E-state index in [0.717, 1.165) is 30.0 Å². The first kappa shape index (κ1) is 13.6. The van der Waals surface area contributed by atoms with Crippen molar-refractivity contribution in [2.75, 3.05) is 18.4 Å². The summed E-state index contributed by atoms with van der Waals surface area (Å²) >= 11 is 0. The molecule has 0 unspecified atom stereocenters. The van der Waals surface area contributed by atoms with E-state index in [1.54, 1.807) is 6.08 Å². The van der Waals surface area contributed by atoms with Crippen molar-refractivity contribution in [2.45, 2.75) is 33.6 Å². The molecule has 1 aliphatic heterocycles. The fraction of sp³-hybridized carbons (Fsp3) is 0.467. The SMILES string of the molecule is C/C(=C/C(=O)Nc1cc(C)cc(C)n1)N1CCCC1. The van der Waals surface area contributed by atoms with Gasteiger partial charge in [-0.3, -0.25) is 4.79 Å². The molecule has 1 aromatic heterocycles. The van der Waals surface area contributed by atoms with Crippen LogP contribution in [0.2, 0.25) is 0 Å². The number of carbonyl (C=O) groups is 1. The fourth-order valence-corrected chi connectivity index (χ4v) is 2.42. The monoisotopic (exact) mass is 259 g/mol. The standard InChI is InChI=1S/C15H21N3O/c1-11-8-12(2)16-14(9-11)17-15(19)10-13(3)18-6-4-5-7-18/h8-10H,4-7H2,1-3H3,(H,16,17,19)/b13-10-. The van der Waals surface area contributed by atoms with E-state index in [1.807, 2.05) is 32.9 Å². The molecule has 1 saturated heterocycles. The van der Waals surface area contributed by atoms with E-state index < -0.39 is 0 Å². The maximum Gasteiger partial charge on any atom is 0.251 e. The Morgan fingerprint density at radius 1 is 1.32 bits per heavy atom. The van der Waals surface area contributed by atoms with E-state index in [4.69, 9.17) is 0 Å². The molecule has 0 bridgehead atoms. The number of pyridine rings is 1. The summed E-state index contributed by atoms with van der Waals surface area (Å²) in [5.41, 5.74) is 3.04. The predicted octanol–water partition coefficient (Wildman–Crippen LogP) is 2.64. The Labute approximate surface area is 114 Å². The summed E-state index contributed by atoms with van der Waals surface area (Å²) in [6, 6.07) is 3.87. The van der Waals surface area contributed by atoms with Gasteiger partial charge in [-0.1, -0.05) is 0 Å². The van der Waals surface area contributed by atoms with Crippen LogP contribution >= 0.6 is 0 Å². The third-order valence-corrected chi connectivity index (χ3v) is 3.29. The molecule has 1 aromatic rings. The first-order valence-corrected chi connectivity index (χ1v) is 6.74. The van der Waals surface area contributed by atoms with Gasteiger partial charge in [0.05, 0.1) is 0 Å². The van der Waals surface area contributed by atoms with Crippen LogP contribution < -0.4 is 5.32 Å². The van der Waals surface area contributed by atoms with Crippen molar-refractivity contribution in [3.8, 4) is 0 Å². The van der Waals surface area contributed by atoms with Crippen LogP contribution in [-0.4, -0.2) is 28.9 Å². The molecule has 1 aliphatic rings. The summed E-state index contributed by atoms with van der Waals surface area (Å²) in [7, 11) is 0. The highest BCUT2D eigenvalue weighted by atomic mass is 16.1. The molecule has 0 spiro atoms. The van der Waals surface area contributed by atoms with Gasteiger partial charge in [-0.05, 0) is 51.3 Å². The average molecular weight is 259 g/mol. The number of aryl methyl sites for hydroxylation is 2. The summed E-state index contributed by atoms with van der Waals surface area (Å²) in [5, 5.41) is 2.82. The quantitative estimate of drug-likeness (QED) is 0.849. The van der Waals surface area contributed by atoms with Gasteiger partial charge in [0.1, 0.15) is 5.82 Å². The number of rotatable bonds is 3. The molecule has 0 saturated carbocycles. The molecule has 0 atom stereocenters. The number of allylic oxidation sites excluding steroid dienone is 1. The highest BCUT2D eigenvalue weighted by Gasteiger charge is 2.12. The van der Waals surface area contributed by atoms with Gasteiger partial charge in [0.25, 0.3) is 5.91 Å². The lowest BCUT2D eigenvalue weighted by atomic mass is 10.2. The topological polar surface area (TPSA) is 45.2 Å². The van der Waals surface area contributed by atoms with E-state index in [1.165, 1.54) is 12.8 Å². The Balaban J connectivity index is 2.02. The van der Waals surface area contributed by atoms with Gasteiger partial charge < -0.3 is 10.2 Å². The van der Waals surface area contributed by atoms with Crippen LogP contribution in [0.25, 0.3) is 0 Å². The molecule has 0 aliphatic carbocycles. The molecular weight excluding hydrogens is 238 g/mol. The van der Waals surface area contributed by atoms with E-state index in [0.29, 0.717) is 5.82 Å². The van der Waals surface area contributed by atoms with Crippen LogP contribution in [0.4, 0.5) is 5.82 Å². The molecule has 4 heteroatoms. The first-order chi connectivity index (χ1) is 9.04. The zero-order valence-corrected chi connectivity index (χ0v) is 11.9. The minimum Gasteiger partial charge on any atom is -0.375 e. The van der Waals surface area contributed by atoms with Crippen LogP contribution in [0, 0.1) is 13.8 Å². The Morgan fingerprint density at radius 2 is 2.00 bits per heavy atom. The smallest absolute Gasteiger partial charge is 0.251 e. The maximum absolute atomic E-state index is 11.9. The zero-order chi connectivity index (χ0) is 13.8. The Morgan fingerprint density at radius 3 is 2.63 bits per heavy atom. The molecule has 102 valence electrons. The summed E-state index contributed by atoms with van der Waals surface area (Å²) in [6.07, 6.45) is 4.08. The molecular formula is C15H21N3O. The van der Waals surface area contributed by atoms with Gasteiger partial charge in [-0.15, -0.1) is 0 Å². The van der Waals surface area contributed by atoms with Gasteiger partial charge in [0.2, 0.25) is 0 Å². The summed E-state index contributed by atoms with van der Waals surface area (Å²) in [5.74, 6) is 0.509. The Hall–Kier alpha value is -1.84. The minimum absolute atomic E-state index is 0.109. The summed E-state index contributed by atoms with van der Waals surface area (Å²) in [6.45, 7) is 8.01. The molecule has 0 aromatic carbocycles. The lowest BCUT2D eigenvalue weighted by Crippen LogP contribution is -2.19. The van der Waals surface area contributed by atoms with Crippen LogP contribution in [0.15, 0.2) is 23.9 Å². The average Bonchev–Trinajstić information content (AvgIpc) is 2.80. The van der Waals surface area contributed by atoms with Crippen LogP contribution in [0.1, 0.15) is 31.0 Å². The number of likely N-dealkylation sites (tertiary alicyclic amines) is 1. The number of nitrogens with one attached hydrogen (secondary N) is 1. The third-order valence-electron chi connectivity index (χ3n) is 3.29. The fourth-order valence-electron chi connectivity index (χ4n) is 2.42. The van der Waals surface area contributed by atoms with Crippen molar-refractivity contribution in [1.29, 1.82) is 0 Å². The van der Waals surface area contributed by atoms with Crippen molar-refractivity contribution >= 4 is 11.7 Å². The molecule has 19 heavy (non-hydrogen) atoms. The number of carbonyl (C=O) groups excluding carboxylic acids is 1. The lowest BCUT2D eigenvalue weighted by molar-refractivity contribution is -0.112. The molecule has 0 radical (unpaired) electrons. The minimum atomic E-state index is -0.109. The van der Waals surface area contributed by atoms with Gasteiger partial charge >= 0.3 is 0 Å². The first-order valence-electron chi connectivity index (χ1n) is 6.74. The summed E-state index contributed by atoms with van der Waals surface area (Å²) in [4.78, 5) is 18.5. The second kappa shape index (κ2) is 5.87. The van der Waals surface area contributed by atoms with Crippen LogP contribution in [0.3, 0.4) is 0 Å². The molecule has 2 rings (SSSR count). The Bertz CT molecular complexity index is 482. The predicted molar refractivity (Wildman–Crippen MR) is 76.9 cm³/mol. The number of aromatic nitrogens is 1. The van der Waals surface area contributed by atoms with Crippen molar-refractivity contribution in [1.82, 2.24) is 9.88 Å². The zero-order valence-electron chi connectivity index (χ0n) is 11.9. The lowest BCUT2D eigenvalue weighted by Gasteiger charge is -2.17. The Kier molecular flexibility index (Phi) is 4.20. The molecule has 1 amide bonds. The summed E-state index contributed by atoms with van der Waals surface area (Å²) < 4.78 is 0. The van der Waals surface area contributed by atoms with Crippen molar-refractivity contribution in [2.24, 2.45) is 0 Å². The van der Waals surface area contributed by atoms with Crippen molar-refractivity contribution in [3.05, 3.63) is 35.2 Å².